The van der Waals surface area contributed by atoms with E-state index in [9.17, 15) is 9.59 Å². The van der Waals surface area contributed by atoms with Gasteiger partial charge >= 0.3 is 0 Å². The lowest BCUT2D eigenvalue weighted by molar-refractivity contribution is -0.126. The largest absolute Gasteiger partial charge is 0.273 e. The van der Waals surface area contributed by atoms with Crippen molar-refractivity contribution < 1.29 is 9.59 Å². The van der Waals surface area contributed by atoms with Crippen molar-refractivity contribution in [3.63, 3.8) is 0 Å². The first-order valence-electron chi connectivity index (χ1n) is 9.25. The number of hydrazone groups is 2. The molecule has 6 heteroatoms. The van der Waals surface area contributed by atoms with Crippen LogP contribution in [-0.2, 0) is 22.4 Å². The molecule has 0 atom stereocenters. The zero-order chi connectivity index (χ0) is 20.2. The highest BCUT2D eigenvalue weighted by molar-refractivity contribution is 5.88. The van der Waals surface area contributed by atoms with Gasteiger partial charge < -0.3 is 0 Å². The van der Waals surface area contributed by atoms with E-state index in [1.54, 1.807) is 0 Å². The molecule has 0 saturated carbocycles. The maximum atomic E-state index is 11.8. The van der Waals surface area contributed by atoms with Gasteiger partial charge in [0.1, 0.15) is 0 Å². The SMILES string of the molecule is C/C(Cc1ccccc1)=N/NC(=O)CCC(=O)N/N=C(/C)Cc1ccccc1. The van der Waals surface area contributed by atoms with E-state index in [2.05, 4.69) is 21.1 Å². The van der Waals surface area contributed by atoms with E-state index in [4.69, 9.17) is 0 Å². The predicted molar refractivity (Wildman–Crippen MR) is 112 cm³/mol. The maximum absolute atomic E-state index is 11.8. The Morgan fingerprint density at radius 1 is 0.679 bits per heavy atom. The molecule has 0 bridgehead atoms. The first-order chi connectivity index (χ1) is 13.5. The molecule has 0 aliphatic carbocycles. The van der Waals surface area contributed by atoms with E-state index in [-0.39, 0.29) is 24.7 Å². The van der Waals surface area contributed by atoms with Gasteiger partial charge in [-0.2, -0.15) is 10.2 Å². The minimum Gasteiger partial charge on any atom is -0.273 e. The predicted octanol–water partition coefficient (Wildman–Crippen LogP) is 3.24. The lowest BCUT2D eigenvalue weighted by Crippen LogP contribution is -2.24. The Bertz CT molecular complexity index is 759. The minimum atomic E-state index is -0.299. The number of carbonyl (C=O) groups excluding carboxylic acids is 2. The van der Waals surface area contributed by atoms with Crippen LogP contribution in [-0.4, -0.2) is 23.2 Å². The average Bonchev–Trinajstić information content (AvgIpc) is 2.70. The molecule has 0 unspecified atom stereocenters. The number of nitrogens with zero attached hydrogens (tertiary/aromatic N) is 2. The molecule has 2 rings (SSSR count). The molecular formula is C22H26N4O2. The molecule has 2 N–H and O–H groups in total. The molecule has 0 aliphatic heterocycles. The van der Waals surface area contributed by atoms with Crippen molar-refractivity contribution in [2.45, 2.75) is 39.5 Å². The fourth-order valence-electron chi connectivity index (χ4n) is 2.52. The van der Waals surface area contributed by atoms with Gasteiger partial charge in [0.25, 0.3) is 0 Å². The Labute approximate surface area is 165 Å². The number of nitrogens with one attached hydrogen (secondary N) is 2. The number of hydrogen-bond donors (Lipinski definition) is 2. The van der Waals surface area contributed by atoms with Gasteiger partial charge in [0, 0.05) is 37.1 Å². The van der Waals surface area contributed by atoms with E-state index in [0.29, 0.717) is 12.8 Å². The second kappa shape index (κ2) is 11.4. The van der Waals surface area contributed by atoms with Gasteiger partial charge in [-0.3, -0.25) is 9.59 Å². The molecule has 2 amide bonds. The number of hydrogen-bond acceptors (Lipinski definition) is 4. The number of rotatable bonds is 9. The van der Waals surface area contributed by atoms with Crippen LogP contribution < -0.4 is 10.9 Å². The van der Waals surface area contributed by atoms with Gasteiger partial charge in [0.05, 0.1) is 0 Å². The van der Waals surface area contributed by atoms with Gasteiger partial charge in [-0.15, -0.1) is 0 Å². The Hall–Kier alpha value is -3.28. The second-order valence-electron chi connectivity index (χ2n) is 6.59. The van der Waals surface area contributed by atoms with Crippen LogP contribution >= 0.6 is 0 Å². The maximum Gasteiger partial charge on any atom is 0.240 e. The van der Waals surface area contributed by atoms with Crippen molar-refractivity contribution in [2.24, 2.45) is 10.2 Å². The second-order valence-corrected chi connectivity index (χ2v) is 6.59. The molecule has 0 radical (unpaired) electrons. The average molecular weight is 378 g/mol. The summed E-state index contributed by atoms with van der Waals surface area (Å²) < 4.78 is 0. The van der Waals surface area contributed by atoms with E-state index in [0.717, 1.165) is 22.6 Å². The molecule has 146 valence electrons. The first kappa shape index (κ1) is 21.0. The van der Waals surface area contributed by atoms with E-state index in [1.807, 2.05) is 74.5 Å². The summed E-state index contributed by atoms with van der Waals surface area (Å²) >= 11 is 0. The number of carbonyl (C=O) groups is 2. The minimum absolute atomic E-state index is 0.0567. The lowest BCUT2D eigenvalue weighted by atomic mass is 10.1. The third-order valence-electron chi connectivity index (χ3n) is 3.93. The summed E-state index contributed by atoms with van der Waals surface area (Å²) in [6.07, 6.45) is 1.44. The number of amides is 2. The zero-order valence-electron chi connectivity index (χ0n) is 16.3. The molecule has 0 aromatic heterocycles. The molecule has 2 aromatic carbocycles. The van der Waals surface area contributed by atoms with E-state index in [1.165, 1.54) is 0 Å². The van der Waals surface area contributed by atoms with Crippen molar-refractivity contribution >= 4 is 23.2 Å². The quantitative estimate of drug-likeness (QED) is 0.519. The third-order valence-corrected chi connectivity index (χ3v) is 3.93. The standard InChI is InChI=1S/C22H26N4O2/c1-17(15-19-9-5-3-6-10-19)23-25-21(27)13-14-22(28)26-24-18(2)16-20-11-7-4-8-12-20/h3-12H,13-16H2,1-2H3,(H,25,27)(H,26,28)/b23-17-,24-18-. The molecule has 28 heavy (non-hydrogen) atoms. The topological polar surface area (TPSA) is 82.9 Å². The van der Waals surface area contributed by atoms with Crippen LogP contribution in [0.5, 0.6) is 0 Å². The molecular weight excluding hydrogens is 352 g/mol. The highest BCUT2D eigenvalue weighted by Crippen LogP contribution is 2.01. The Morgan fingerprint density at radius 2 is 1.04 bits per heavy atom. The Kier molecular flexibility index (Phi) is 8.59. The van der Waals surface area contributed by atoms with Crippen molar-refractivity contribution in [1.82, 2.24) is 10.9 Å². The molecule has 0 heterocycles. The summed E-state index contributed by atoms with van der Waals surface area (Å²) in [6, 6.07) is 19.8. The van der Waals surface area contributed by atoms with Gasteiger partial charge in [-0.05, 0) is 25.0 Å². The fraction of sp³-hybridized carbons (Fsp3) is 0.273. The van der Waals surface area contributed by atoms with E-state index >= 15 is 0 Å². The van der Waals surface area contributed by atoms with Crippen LogP contribution in [0, 0.1) is 0 Å². The monoisotopic (exact) mass is 378 g/mol. The molecule has 0 saturated heterocycles. The summed E-state index contributed by atoms with van der Waals surface area (Å²) in [7, 11) is 0. The summed E-state index contributed by atoms with van der Waals surface area (Å²) in [5.41, 5.74) is 8.82. The third kappa shape index (κ3) is 8.40. The van der Waals surface area contributed by atoms with Crippen LogP contribution in [0.25, 0.3) is 0 Å². The van der Waals surface area contributed by atoms with Crippen LogP contribution in [0.2, 0.25) is 0 Å². The molecule has 0 fully saturated rings. The van der Waals surface area contributed by atoms with Crippen molar-refractivity contribution in [3.05, 3.63) is 71.8 Å². The van der Waals surface area contributed by atoms with Crippen molar-refractivity contribution in [1.29, 1.82) is 0 Å². The van der Waals surface area contributed by atoms with Crippen LogP contribution in [0.15, 0.2) is 70.9 Å². The van der Waals surface area contributed by atoms with Crippen LogP contribution in [0.1, 0.15) is 37.8 Å². The number of benzene rings is 2. The molecule has 6 nitrogen and oxygen atoms in total. The van der Waals surface area contributed by atoms with E-state index < -0.39 is 0 Å². The van der Waals surface area contributed by atoms with Crippen molar-refractivity contribution in [2.75, 3.05) is 0 Å². The summed E-state index contributed by atoms with van der Waals surface area (Å²) in [5, 5.41) is 8.15. The smallest absolute Gasteiger partial charge is 0.240 e. The fourth-order valence-corrected chi connectivity index (χ4v) is 2.52. The normalized spacial score (nSPS) is 11.8. The Balaban J connectivity index is 1.68. The lowest BCUT2D eigenvalue weighted by Gasteiger charge is -2.04. The van der Waals surface area contributed by atoms with Gasteiger partial charge in [-0.25, -0.2) is 10.9 Å². The van der Waals surface area contributed by atoms with Gasteiger partial charge in [0.2, 0.25) is 11.8 Å². The molecule has 0 spiro atoms. The Morgan fingerprint density at radius 3 is 1.39 bits per heavy atom. The summed E-state index contributed by atoms with van der Waals surface area (Å²) in [6.45, 7) is 3.70. The highest BCUT2D eigenvalue weighted by atomic mass is 16.2. The van der Waals surface area contributed by atoms with Gasteiger partial charge in [-0.1, -0.05) is 60.7 Å². The zero-order valence-corrected chi connectivity index (χ0v) is 16.3. The highest BCUT2D eigenvalue weighted by Gasteiger charge is 2.06. The van der Waals surface area contributed by atoms with Crippen molar-refractivity contribution in [3.8, 4) is 0 Å². The van der Waals surface area contributed by atoms with Crippen LogP contribution in [0.3, 0.4) is 0 Å². The van der Waals surface area contributed by atoms with Crippen LogP contribution in [0.4, 0.5) is 0 Å². The summed E-state index contributed by atoms with van der Waals surface area (Å²) in [4.78, 5) is 23.7. The first-order valence-corrected chi connectivity index (χ1v) is 9.25. The summed E-state index contributed by atoms with van der Waals surface area (Å²) in [5.74, 6) is -0.597. The molecule has 2 aromatic rings. The van der Waals surface area contributed by atoms with Gasteiger partial charge in [0.15, 0.2) is 0 Å². The molecule has 0 aliphatic rings.